The maximum atomic E-state index is 13.8. The highest BCUT2D eigenvalue weighted by atomic mass is 16.6. The molecule has 0 spiro atoms. The molecule has 0 saturated carbocycles. The van der Waals surface area contributed by atoms with Crippen molar-refractivity contribution in [3.63, 3.8) is 0 Å². The number of ketones is 2. The number of carbonyl (C=O) groups excluding carboxylic acids is 5. The van der Waals surface area contributed by atoms with E-state index in [1.807, 2.05) is 13.8 Å². The molecular formula is C35H50N4O9. The molecule has 0 fully saturated rings. The molecule has 4 N–H and O–H groups in total. The number of hydrogen-bond donors (Lipinski definition) is 3. The molecule has 0 aromatic heterocycles. The van der Waals surface area contributed by atoms with Crippen molar-refractivity contribution in [1.82, 2.24) is 15.5 Å². The Bertz CT molecular complexity index is 1390. The van der Waals surface area contributed by atoms with Gasteiger partial charge in [0.05, 0.1) is 24.0 Å². The van der Waals surface area contributed by atoms with E-state index in [4.69, 9.17) is 24.7 Å². The molecule has 0 saturated heterocycles. The first-order valence-electron chi connectivity index (χ1n) is 15.7. The number of nitrogens with one attached hydrogen (secondary N) is 2. The Labute approximate surface area is 282 Å². The van der Waals surface area contributed by atoms with Crippen LogP contribution < -0.4 is 16.4 Å². The van der Waals surface area contributed by atoms with Crippen LogP contribution in [0.3, 0.4) is 0 Å². The molecule has 13 nitrogen and oxygen atoms in total. The first kappa shape index (κ1) is 39.8. The zero-order valence-corrected chi connectivity index (χ0v) is 29.2. The topological polar surface area (TPSA) is 176 Å². The molecular weight excluding hydrogens is 620 g/mol. The van der Waals surface area contributed by atoms with Gasteiger partial charge in [-0.05, 0) is 52.3 Å². The zero-order valence-electron chi connectivity index (χ0n) is 29.2. The number of primary amides is 1. The lowest BCUT2D eigenvalue weighted by Crippen LogP contribution is -2.41. The fourth-order valence-electron chi connectivity index (χ4n) is 5.57. The largest absolute Gasteiger partial charge is 0.458 e. The summed E-state index contributed by atoms with van der Waals surface area (Å²) in [5, 5.41) is 5.56. The highest BCUT2D eigenvalue weighted by Crippen LogP contribution is 2.30. The van der Waals surface area contributed by atoms with Crippen LogP contribution in [0.25, 0.3) is 0 Å². The number of Topliss-reactive ketones (excluding diaryl/α,β-unsaturated/α-hetero) is 1. The molecule has 0 aromatic rings. The summed E-state index contributed by atoms with van der Waals surface area (Å²) >= 11 is 0. The van der Waals surface area contributed by atoms with Gasteiger partial charge in [-0.15, -0.1) is 6.58 Å². The number of allylic oxidation sites excluding steroid dienone is 4. The molecule has 0 radical (unpaired) electrons. The average Bonchev–Trinajstić information content (AvgIpc) is 3.00. The molecule has 13 heteroatoms. The molecule has 2 rings (SSSR count). The molecule has 1 aliphatic heterocycles. The van der Waals surface area contributed by atoms with Crippen LogP contribution in [0.15, 0.2) is 71.1 Å². The molecule has 2 bridgehead atoms. The van der Waals surface area contributed by atoms with Gasteiger partial charge in [-0.3, -0.25) is 24.1 Å². The fourth-order valence-corrected chi connectivity index (χ4v) is 5.57. The first-order valence-corrected chi connectivity index (χ1v) is 15.7. The Morgan fingerprint density at radius 2 is 1.81 bits per heavy atom. The van der Waals surface area contributed by atoms with E-state index in [0.717, 1.165) is 6.08 Å². The SMILES string of the molecule is C=CCNC1=C2CC(C)CC(OC)C(OC(=O)CN(C)C)C(C)/C=C(\C)C(OC(N)=O)C(OC)/C=C/C=C(/C)C(=O)NC(=CC1=O)C2=O. The number of nitrogens with zero attached hydrogens (tertiary/aromatic N) is 1. The molecule has 1 aliphatic carbocycles. The van der Waals surface area contributed by atoms with Crippen LogP contribution in [-0.4, -0.2) is 100 Å². The van der Waals surface area contributed by atoms with E-state index >= 15 is 0 Å². The monoisotopic (exact) mass is 670 g/mol. The van der Waals surface area contributed by atoms with Crippen molar-refractivity contribution in [2.24, 2.45) is 17.6 Å². The third-order valence-electron chi connectivity index (χ3n) is 7.89. The van der Waals surface area contributed by atoms with Crippen LogP contribution in [0.4, 0.5) is 4.79 Å². The Morgan fingerprint density at radius 1 is 1.12 bits per heavy atom. The summed E-state index contributed by atoms with van der Waals surface area (Å²) in [5.74, 6) is -2.75. The van der Waals surface area contributed by atoms with Crippen molar-refractivity contribution < 1.29 is 42.9 Å². The van der Waals surface area contributed by atoms with E-state index in [-0.39, 0.29) is 48.0 Å². The average molecular weight is 671 g/mol. The van der Waals surface area contributed by atoms with Gasteiger partial charge >= 0.3 is 12.1 Å². The maximum Gasteiger partial charge on any atom is 0.405 e. The molecule has 6 unspecified atom stereocenters. The summed E-state index contributed by atoms with van der Waals surface area (Å²) in [4.78, 5) is 66.7. The Kier molecular flexibility index (Phi) is 15.7. The molecule has 6 atom stereocenters. The van der Waals surface area contributed by atoms with Crippen molar-refractivity contribution in [2.75, 3.05) is 41.4 Å². The lowest BCUT2D eigenvalue weighted by Gasteiger charge is -2.33. The third kappa shape index (κ3) is 11.4. The summed E-state index contributed by atoms with van der Waals surface area (Å²) in [6.07, 6.45) is 5.32. The highest BCUT2D eigenvalue weighted by Gasteiger charge is 2.35. The van der Waals surface area contributed by atoms with Crippen LogP contribution in [0, 0.1) is 11.8 Å². The van der Waals surface area contributed by atoms with Gasteiger partial charge in [-0.2, -0.15) is 0 Å². The van der Waals surface area contributed by atoms with Crippen molar-refractivity contribution in [3.8, 4) is 0 Å². The number of methoxy groups -OCH3 is 2. The van der Waals surface area contributed by atoms with Crippen LogP contribution in [0.1, 0.15) is 40.5 Å². The van der Waals surface area contributed by atoms with Gasteiger partial charge in [0.2, 0.25) is 11.6 Å². The standard InChI is InChI=1S/C35H50N4O9/c1-10-14-37-30-24-15-20(2)16-28(46-9)33(47-29(41)19-39(6)7)23(5)17-22(4)32(48-35(36)44)27(45-8)13-11-12-21(3)34(43)38-25(31(24)42)18-26(30)40/h10-13,17-18,20,23,27-28,32-33,37H,1,14-16,19H2,2-9H3,(H2,36,44)(H,38,43)/b13-11+,21-12-,22-17+. The minimum atomic E-state index is -1.02. The van der Waals surface area contributed by atoms with Gasteiger partial charge in [0.1, 0.15) is 12.2 Å². The summed E-state index contributed by atoms with van der Waals surface area (Å²) in [7, 11) is 6.43. The van der Waals surface area contributed by atoms with Gasteiger partial charge in [0, 0.05) is 43.9 Å². The molecule has 2 aliphatic rings. The van der Waals surface area contributed by atoms with Gasteiger partial charge < -0.3 is 35.3 Å². The number of hydrogen-bond acceptors (Lipinski definition) is 11. The number of ether oxygens (including phenoxy) is 4. The number of amides is 2. The molecule has 0 aromatic carbocycles. The quantitative estimate of drug-likeness (QED) is 0.187. The summed E-state index contributed by atoms with van der Waals surface area (Å²) in [6.45, 7) is 11.0. The van der Waals surface area contributed by atoms with Gasteiger partial charge in [0.25, 0.3) is 5.91 Å². The first-order chi connectivity index (χ1) is 22.6. The summed E-state index contributed by atoms with van der Waals surface area (Å²) in [5.41, 5.74) is 6.41. The predicted octanol–water partition coefficient (Wildman–Crippen LogP) is 2.65. The predicted molar refractivity (Wildman–Crippen MR) is 180 cm³/mol. The van der Waals surface area contributed by atoms with E-state index in [1.54, 1.807) is 57.1 Å². The third-order valence-corrected chi connectivity index (χ3v) is 7.89. The molecule has 264 valence electrons. The second-order valence-corrected chi connectivity index (χ2v) is 12.3. The van der Waals surface area contributed by atoms with Crippen molar-refractivity contribution in [1.29, 1.82) is 0 Å². The van der Waals surface area contributed by atoms with Crippen LogP contribution >= 0.6 is 0 Å². The Morgan fingerprint density at radius 3 is 2.40 bits per heavy atom. The Hall–Kier alpha value is -4.33. The van der Waals surface area contributed by atoms with E-state index in [0.29, 0.717) is 12.0 Å². The Balaban J connectivity index is 2.74. The van der Waals surface area contributed by atoms with E-state index in [2.05, 4.69) is 17.2 Å². The minimum absolute atomic E-state index is 0.0253. The zero-order chi connectivity index (χ0) is 36.1. The number of fused-ring (bicyclic) bond motifs is 2. The second-order valence-electron chi connectivity index (χ2n) is 12.3. The smallest absolute Gasteiger partial charge is 0.405 e. The van der Waals surface area contributed by atoms with Crippen LogP contribution in [0.2, 0.25) is 0 Å². The van der Waals surface area contributed by atoms with Crippen molar-refractivity contribution in [3.05, 3.63) is 71.1 Å². The lowest BCUT2D eigenvalue weighted by molar-refractivity contribution is -0.161. The normalized spacial score (nSPS) is 29.1. The number of likely N-dealkylation sites (N-methyl/N-ethyl adjacent to an activating group) is 1. The number of rotatable bonds is 9. The minimum Gasteiger partial charge on any atom is -0.458 e. The highest BCUT2D eigenvalue weighted by molar-refractivity contribution is 6.23. The van der Waals surface area contributed by atoms with E-state index in [9.17, 15) is 24.0 Å². The van der Waals surface area contributed by atoms with Crippen molar-refractivity contribution >= 4 is 29.5 Å². The maximum absolute atomic E-state index is 13.8. The van der Waals surface area contributed by atoms with Gasteiger partial charge in [-0.1, -0.05) is 44.2 Å². The number of carbonyl (C=O) groups is 5. The van der Waals surface area contributed by atoms with Gasteiger partial charge in [-0.25, -0.2) is 4.79 Å². The molecule has 1 heterocycles. The summed E-state index contributed by atoms with van der Waals surface area (Å²) in [6, 6.07) is 0. The second kappa shape index (κ2) is 18.9. The number of esters is 1. The number of nitrogens with two attached hydrogens (primary N) is 1. The van der Waals surface area contributed by atoms with Crippen LogP contribution in [0.5, 0.6) is 0 Å². The van der Waals surface area contributed by atoms with Crippen molar-refractivity contribution in [2.45, 2.75) is 65.0 Å². The van der Waals surface area contributed by atoms with Gasteiger partial charge in [0.15, 0.2) is 6.10 Å². The van der Waals surface area contributed by atoms with Crippen LogP contribution in [-0.2, 0) is 38.1 Å². The van der Waals surface area contributed by atoms with E-state index in [1.165, 1.54) is 20.3 Å². The molecule has 48 heavy (non-hydrogen) atoms. The molecule has 2 amide bonds. The fraction of sp³-hybridized carbons (Fsp3) is 0.514. The summed E-state index contributed by atoms with van der Waals surface area (Å²) < 4.78 is 23.0. The lowest BCUT2D eigenvalue weighted by atomic mass is 9.85. The van der Waals surface area contributed by atoms with E-state index < -0.39 is 59.9 Å².